The average molecular weight is 423 g/mol. The summed E-state index contributed by atoms with van der Waals surface area (Å²) in [5.41, 5.74) is 8.30. The number of nitrogen functional groups attached to an aromatic ring is 1. The van der Waals surface area contributed by atoms with E-state index in [0.29, 0.717) is 23.9 Å². The number of hydrogen-bond donors (Lipinski definition) is 3. The van der Waals surface area contributed by atoms with E-state index >= 15 is 0 Å². The SMILES string of the molecule is C=CC.CC.CN(C)CCNC(=O)Nc1cccc(-c2nc(N)c3ccccc3n2)c1. The number of nitrogens with one attached hydrogen (secondary N) is 2. The van der Waals surface area contributed by atoms with Gasteiger partial charge in [-0.2, -0.15) is 0 Å². The Bertz CT molecular complexity index is 971. The Kier molecular flexibility index (Phi) is 11.3. The number of fused-ring (bicyclic) bond motifs is 1. The molecule has 7 heteroatoms. The highest BCUT2D eigenvalue weighted by atomic mass is 16.2. The normalized spacial score (nSPS) is 9.74. The third-order valence-electron chi connectivity index (χ3n) is 3.86. The van der Waals surface area contributed by atoms with Crippen LogP contribution in [0.25, 0.3) is 22.3 Å². The Labute approximate surface area is 185 Å². The topological polar surface area (TPSA) is 96.2 Å². The molecular weight excluding hydrogens is 388 g/mol. The second-order valence-electron chi connectivity index (χ2n) is 6.62. The largest absolute Gasteiger partial charge is 0.383 e. The van der Waals surface area contributed by atoms with Crippen LogP contribution < -0.4 is 16.4 Å². The monoisotopic (exact) mass is 422 g/mol. The molecule has 0 fully saturated rings. The van der Waals surface area contributed by atoms with Gasteiger partial charge in [0.25, 0.3) is 0 Å². The molecule has 1 aromatic heterocycles. The van der Waals surface area contributed by atoms with Crippen LogP contribution in [0.4, 0.5) is 16.3 Å². The summed E-state index contributed by atoms with van der Waals surface area (Å²) >= 11 is 0. The number of nitrogens with zero attached hydrogens (tertiary/aromatic N) is 3. The molecule has 2 amide bonds. The fraction of sp³-hybridized carbons (Fsp3) is 0.292. The van der Waals surface area contributed by atoms with Crippen LogP contribution in [-0.4, -0.2) is 48.1 Å². The first-order valence-electron chi connectivity index (χ1n) is 10.3. The van der Waals surface area contributed by atoms with Crippen LogP contribution in [0.5, 0.6) is 0 Å². The van der Waals surface area contributed by atoms with Crippen molar-refractivity contribution in [3.05, 3.63) is 61.2 Å². The van der Waals surface area contributed by atoms with E-state index in [4.69, 9.17) is 5.73 Å². The van der Waals surface area contributed by atoms with Gasteiger partial charge in [0.2, 0.25) is 0 Å². The number of aromatic nitrogens is 2. The van der Waals surface area contributed by atoms with Crippen molar-refractivity contribution in [3.8, 4) is 11.4 Å². The molecule has 0 unspecified atom stereocenters. The van der Waals surface area contributed by atoms with Crippen LogP contribution >= 0.6 is 0 Å². The molecule has 0 saturated heterocycles. The summed E-state index contributed by atoms with van der Waals surface area (Å²) in [4.78, 5) is 22.9. The minimum absolute atomic E-state index is 0.247. The Morgan fingerprint density at radius 3 is 2.48 bits per heavy atom. The first-order chi connectivity index (χ1) is 14.9. The maximum atomic E-state index is 12.0. The number of carbonyl (C=O) groups excluding carboxylic acids is 1. The van der Waals surface area contributed by atoms with Gasteiger partial charge < -0.3 is 21.3 Å². The maximum Gasteiger partial charge on any atom is 0.319 e. The van der Waals surface area contributed by atoms with Gasteiger partial charge in [0, 0.05) is 29.7 Å². The van der Waals surface area contributed by atoms with Crippen LogP contribution in [0.2, 0.25) is 0 Å². The van der Waals surface area contributed by atoms with Crippen molar-refractivity contribution in [3.63, 3.8) is 0 Å². The smallest absolute Gasteiger partial charge is 0.319 e. The predicted molar refractivity (Wildman–Crippen MR) is 132 cm³/mol. The van der Waals surface area contributed by atoms with Crippen LogP contribution in [0.15, 0.2) is 61.2 Å². The second-order valence-corrected chi connectivity index (χ2v) is 6.62. The van der Waals surface area contributed by atoms with Crippen molar-refractivity contribution in [2.24, 2.45) is 0 Å². The third kappa shape index (κ3) is 8.44. The molecule has 0 spiro atoms. The molecule has 0 bridgehead atoms. The molecule has 2 aromatic carbocycles. The van der Waals surface area contributed by atoms with Gasteiger partial charge in [-0.1, -0.05) is 44.2 Å². The fourth-order valence-electron chi connectivity index (χ4n) is 2.53. The first-order valence-corrected chi connectivity index (χ1v) is 10.3. The average Bonchev–Trinajstić information content (AvgIpc) is 2.75. The summed E-state index contributed by atoms with van der Waals surface area (Å²) < 4.78 is 0. The summed E-state index contributed by atoms with van der Waals surface area (Å²) in [5.74, 6) is 0.961. The molecule has 0 aliphatic rings. The number of para-hydroxylation sites is 1. The van der Waals surface area contributed by atoms with Crippen molar-refractivity contribution in [1.82, 2.24) is 20.2 Å². The summed E-state index contributed by atoms with van der Waals surface area (Å²) in [5, 5.41) is 6.46. The highest BCUT2D eigenvalue weighted by Crippen LogP contribution is 2.24. The summed E-state index contributed by atoms with van der Waals surface area (Å²) in [6.07, 6.45) is 1.75. The van der Waals surface area contributed by atoms with Gasteiger partial charge in [-0.25, -0.2) is 14.8 Å². The van der Waals surface area contributed by atoms with Gasteiger partial charge in [0.1, 0.15) is 5.82 Å². The predicted octanol–water partition coefficient (Wildman–Crippen LogP) is 4.78. The third-order valence-corrected chi connectivity index (χ3v) is 3.86. The first kappa shape index (κ1) is 25.6. The molecule has 0 saturated carbocycles. The molecule has 3 rings (SSSR count). The number of amides is 2. The van der Waals surface area contributed by atoms with Crippen LogP contribution in [0.1, 0.15) is 20.8 Å². The number of benzene rings is 2. The molecule has 0 atom stereocenters. The molecule has 0 radical (unpaired) electrons. The van der Waals surface area contributed by atoms with Gasteiger partial charge in [0.15, 0.2) is 5.82 Å². The molecule has 3 aromatic rings. The van der Waals surface area contributed by atoms with E-state index in [2.05, 4.69) is 27.2 Å². The molecule has 0 aliphatic heterocycles. The van der Waals surface area contributed by atoms with E-state index < -0.39 is 0 Å². The zero-order valence-electron chi connectivity index (χ0n) is 19.1. The van der Waals surface area contributed by atoms with Crippen LogP contribution in [-0.2, 0) is 0 Å². The Morgan fingerprint density at radius 1 is 1.13 bits per heavy atom. The lowest BCUT2D eigenvalue weighted by atomic mass is 10.1. The molecule has 7 nitrogen and oxygen atoms in total. The highest BCUT2D eigenvalue weighted by Gasteiger charge is 2.08. The minimum atomic E-state index is -0.247. The molecular formula is C24H34N6O. The molecule has 1 heterocycles. The van der Waals surface area contributed by atoms with E-state index in [1.54, 1.807) is 6.08 Å². The van der Waals surface area contributed by atoms with Crippen LogP contribution in [0, 0.1) is 0 Å². The lowest BCUT2D eigenvalue weighted by molar-refractivity contribution is 0.250. The van der Waals surface area contributed by atoms with Gasteiger partial charge in [0.05, 0.1) is 5.52 Å². The number of rotatable bonds is 5. The molecule has 4 N–H and O–H groups in total. The van der Waals surface area contributed by atoms with Gasteiger partial charge in [-0.15, -0.1) is 6.58 Å². The van der Waals surface area contributed by atoms with Crippen molar-refractivity contribution >= 4 is 28.4 Å². The second kappa shape index (κ2) is 13.7. The summed E-state index contributed by atoms with van der Waals surface area (Å²) in [6, 6.07) is 14.7. The zero-order chi connectivity index (χ0) is 23.2. The quantitative estimate of drug-likeness (QED) is 0.514. The maximum absolute atomic E-state index is 12.0. The Morgan fingerprint density at radius 2 is 1.81 bits per heavy atom. The minimum Gasteiger partial charge on any atom is -0.383 e. The van der Waals surface area contributed by atoms with Crippen molar-refractivity contribution in [2.45, 2.75) is 20.8 Å². The number of anilines is 2. The fourth-order valence-corrected chi connectivity index (χ4v) is 2.53. The molecule has 166 valence electrons. The van der Waals surface area contributed by atoms with E-state index in [1.165, 1.54) is 0 Å². The van der Waals surface area contributed by atoms with Gasteiger partial charge in [-0.05, 0) is 45.3 Å². The number of likely N-dealkylation sites (N-methyl/N-ethyl adjacent to an activating group) is 1. The van der Waals surface area contributed by atoms with E-state index in [-0.39, 0.29) is 6.03 Å². The summed E-state index contributed by atoms with van der Waals surface area (Å²) in [7, 11) is 3.91. The van der Waals surface area contributed by atoms with E-state index in [1.807, 2.05) is 88.3 Å². The van der Waals surface area contributed by atoms with E-state index in [9.17, 15) is 4.79 Å². The van der Waals surface area contributed by atoms with E-state index in [0.717, 1.165) is 23.0 Å². The van der Waals surface area contributed by atoms with Gasteiger partial charge >= 0.3 is 6.03 Å². The lowest BCUT2D eigenvalue weighted by Gasteiger charge is -2.12. The van der Waals surface area contributed by atoms with Crippen LogP contribution in [0.3, 0.4) is 0 Å². The Hall–Kier alpha value is -3.45. The van der Waals surface area contributed by atoms with Crippen molar-refractivity contribution in [2.75, 3.05) is 38.2 Å². The summed E-state index contributed by atoms with van der Waals surface area (Å²) in [6.45, 7) is 10.6. The number of hydrogen-bond acceptors (Lipinski definition) is 5. The number of carbonyl (C=O) groups is 1. The standard InChI is InChI=1S/C19H22N6O.C3H6.C2H6/c1-25(2)11-10-21-19(26)22-14-7-5-6-13(12-14)18-23-16-9-4-3-8-15(16)17(20)24-18;1-3-2;1-2/h3-9,12H,10-11H2,1-2H3,(H2,20,23,24)(H2,21,22,26);3H,1H2,2H3;1-2H3. The number of urea groups is 1. The Balaban J connectivity index is 0.000000884. The number of allylic oxidation sites excluding steroid dienone is 1. The van der Waals surface area contributed by atoms with Crippen molar-refractivity contribution in [1.29, 1.82) is 0 Å². The van der Waals surface area contributed by atoms with Crippen molar-refractivity contribution < 1.29 is 4.79 Å². The number of nitrogens with two attached hydrogens (primary N) is 1. The molecule has 0 aliphatic carbocycles. The molecule has 31 heavy (non-hydrogen) atoms. The zero-order valence-corrected chi connectivity index (χ0v) is 19.1. The lowest BCUT2D eigenvalue weighted by Crippen LogP contribution is -2.34. The van der Waals surface area contributed by atoms with Gasteiger partial charge in [-0.3, -0.25) is 0 Å². The highest BCUT2D eigenvalue weighted by molar-refractivity contribution is 5.91.